The number of benzene rings is 1. The van der Waals surface area contributed by atoms with E-state index >= 15 is 0 Å². The molecule has 0 unspecified atom stereocenters. The van der Waals surface area contributed by atoms with E-state index < -0.39 is 0 Å². The number of hydrogen-bond donors (Lipinski definition) is 0. The van der Waals surface area contributed by atoms with E-state index in [1.54, 1.807) is 12.1 Å². The van der Waals surface area contributed by atoms with Gasteiger partial charge < -0.3 is 4.74 Å². The van der Waals surface area contributed by atoms with Crippen LogP contribution in [0.25, 0.3) is 0 Å². The molecular weight excluding hydrogens is 203 g/mol. The Morgan fingerprint density at radius 2 is 1.56 bits per heavy atom. The second-order valence-corrected chi connectivity index (χ2v) is 6.11. The zero-order valence-electron chi connectivity index (χ0n) is 11.0. The van der Waals surface area contributed by atoms with Crippen LogP contribution in [0.5, 0.6) is 5.75 Å². The summed E-state index contributed by atoms with van der Waals surface area (Å²) in [5, 5.41) is 0. The minimum atomic E-state index is -0.371. The molecule has 0 aliphatic rings. The standard InChI is InChI=1S/C14H21FO/c1-13(2,3)10-7-8-12(11(15)9-10)16-14(4,5)6/h7-9H,1-6H3. The summed E-state index contributed by atoms with van der Waals surface area (Å²) in [6.45, 7) is 11.9. The largest absolute Gasteiger partial charge is 0.485 e. The van der Waals surface area contributed by atoms with Crippen molar-refractivity contribution in [2.45, 2.75) is 52.6 Å². The van der Waals surface area contributed by atoms with Crippen LogP contribution in [-0.4, -0.2) is 5.60 Å². The summed E-state index contributed by atoms with van der Waals surface area (Å²) >= 11 is 0. The zero-order chi connectivity index (χ0) is 12.6. The fourth-order valence-corrected chi connectivity index (χ4v) is 1.38. The van der Waals surface area contributed by atoms with Gasteiger partial charge in [-0.3, -0.25) is 0 Å². The lowest BCUT2D eigenvalue weighted by molar-refractivity contribution is 0.124. The Morgan fingerprint density at radius 3 is 1.94 bits per heavy atom. The predicted octanol–water partition coefficient (Wildman–Crippen LogP) is 4.30. The summed E-state index contributed by atoms with van der Waals surface area (Å²) in [5.41, 5.74) is 0.567. The second kappa shape index (κ2) is 4.08. The first-order valence-corrected chi connectivity index (χ1v) is 5.59. The van der Waals surface area contributed by atoms with E-state index in [2.05, 4.69) is 20.8 Å². The van der Waals surface area contributed by atoms with E-state index in [1.165, 1.54) is 0 Å². The summed E-state index contributed by atoms with van der Waals surface area (Å²) in [4.78, 5) is 0. The molecule has 0 bridgehead atoms. The normalized spacial score (nSPS) is 12.7. The Bertz CT molecular complexity index is 369. The lowest BCUT2D eigenvalue weighted by atomic mass is 9.87. The molecule has 1 aromatic rings. The molecule has 0 fully saturated rings. The van der Waals surface area contributed by atoms with Crippen LogP contribution in [0.1, 0.15) is 47.1 Å². The smallest absolute Gasteiger partial charge is 0.165 e. The molecule has 0 radical (unpaired) electrons. The SMILES string of the molecule is CC(C)(C)Oc1ccc(C(C)(C)C)cc1F. The van der Waals surface area contributed by atoms with E-state index in [-0.39, 0.29) is 16.8 Å². The lowest BCUT2D eigenvalue weighted by Crippen LogP contribution is -2.23. The molecule has 16 heavy (non-hydrogen) atoms. The first-order valence-electron chi connectivity index (χ1n) is 5.59. The van der Waals surface area contributed by atoms with Crippen molar-refractivity contribution in [2.75, 3.05) is 0 Å². The minimum Gasteiger partial charge on any atom is -0.485 e. The van der Waals surface area contributed by atoms with Crippen molar-refractivity contribution in [3.05, 3.63) is 29.6 Å². The van der Waals surface area contributed by atoms with Crippen LogP contribution in [0.2, 0.25) is 0 Å². The summed E-state index contributed by atoms with van der Waals surface area (Å²) < 4.78 is 19.3. The Hall–Kier alpha value is -1.05. The Morgan fingerprint density at radius 1 is 1.00 bits per heavy atom. The molecule has 0 aromatic heterocycles. The van der Waals surface area contributed by atoms with Crippen molar-refractivity contribution in [3.8, 4) is 5.75 Å². The summed E-state index contributed by atoms with van der Waals surface area (Å²) in [6.07, 6.45) is 0. The van der Waals surface area contributed by atoms with E-state index in [0.29, 0.717) is 5.75 Å². The maximum atomic E-state index is 13.8. The zero-order valence-corrected chi connectivity index (χ0v) is 11.0. The van der Waals surface area contributed by atoms with Gasteiger partial charge in [-0.15, -0.1) is 0 Å². The van der Waals surface area contributed by atoms with Gasteiger partial charge in [0.25, 0.3) is 0 Å². The van der Waals surface area contributed by atoms with Gasteiger partial charge in [-0.05, 0) is 43.9 Å². The van der Waals surface area contributed by atoms with Crippen molar-refractivity contribution >= 4 is 0 Å². The van der Waals surface area contributed by atoms with Crippen LogP contribution in [0.3, 0.4) is 0 Å². The molecule has 2 heteroatoms. The molecule has 0 N–H and O–H groups in total. The first-order chi connectivity index (χ1) is 7.09. The predicted molar refractivity (Wildman–Crippen MR) is 65.5 cm³/mol. The second-order valence-electron chi connectivity index (χ2n) is 6.11. The van der Waals surface area contributed by atoms with Crippen LogP contribution in [0.4, 0.5) is 4.39 Å². The highest BCUT2D eigenvalue weighted by atomic mass is 19.1. The average Bonchev–Trinajstić information content (AvgIpc) is 2.04. The molecule has 0 spiro atoms. The van der Waals surface area contributed by atoms with Crippen molar-refractivity contribution in [2.24, 2.45) is 0 Å². The van der Waals surface area contributed by atoms with E-state index in [4.69, 9.17) is 4.74 Å². The van der Waals surface area contributed by atoms with Crippen LogP contribution in [0.15, 0.2) is 18.2 Å². The van der Waals surface area contributed by atoms with Gasteiger partial charge >= 0.3 is 0 Å². The van der Waals surface area contributed by atoms with Gasteiger partial charge in [0.15, 0.2) is 11.6 Å². The number of hydrogen-bond acceptors (Lipinski definition) is 1. The van der Waals surface area contributed by atoms with Crippen molar-refractivity contribution < 1.29 is 9.13 Å². The molecule has 1 rings (SSSR count). The van der Waals surface area contributed by atoms with Gasteiger partial charge in [0.1, 0.15) is 5.60 Å². The average molecular weight is 224 g/mol. The summed E-state index contributed by atoms with van der Waals surface area (Å²) in [5.74, 6) is 0.0304. The lowest BCUT2D eigenvalue weighted by Gasteiger charge is -2.23. The van der Waals surface area contributed by atoms with Gasteiger partial charge in [-0.25, -0.2) is 4.39 Å². The fourth-order valence-electron chi connectivity index (χ4n) is 1.38. The monoisotopic (exact) mass is 224 g/mol. The molecule has 0 saturated carbocycles. The Labute approximate surface area is 97.6 Å². The van der Waals surface area contributed by atoms with Gasteiger partial charge in [0.2, 0.25) is 0 Å². The molecule has 0 amide bonds. The first kappa shape index (κ1) is 13.0. The molecule has 90 valence electrons. The summed E-state index contributed by atoms with van der Waals surface area (Å²) in [7, 11) is 0. The van der Waals surface area contributed by atoms with Crippen molar-refractivity contribution in [3.63, 3.8) is 0 Å². The van der Waals surface area contributed by atoms with Crippen LogP contribution >= 0.6 is 0 Å². The maximum Gasteiger partial charge on any atom is 0.165 e. The van der Waals surface area contributed by atoms with Crippen LogP contribution in [-0.2, 0) is 5.41 Å². The molecular formula is C14H21FO. The van der Waals surface area contributed by atoms with Gasteiger partial charge in [-0.1, -0.05) is 26.8 Å². The molecule has 0 saturated heterocycles. The van der Waals surface area contributed by atoms with Gasteiger partial charge in [0.05, 0.1) is 0 Å². The highest BCUT2D eigenvalue weighted by Gasteiger charge is 2.18. The third-order valence-electron chi connectivity index (χ3n) is 2.21. The third-order valence-corrected chi connectivity index (χ3v) is 2.21. The molecule has 1 aromatic carbocycles. The molecule has 0 aliphatic carbocycles. The summed E-state index contributed by atoms with van der Waals surface area (Å²) in [6, 6.07) is 5.19. The Balaban J connectivity index is 3.01. The van der Waals surface area contributed by atoms with E-state index in [0.717, 1.165) is 5.56 Å². The van der Waals surface area contributed by atoms with E-state index in [1.807, 2.05) is 26.8 Å². The molecule has 0 heterocycles. The van der Waals surface area contributed by atoms with E-state index in [9.17, 15) is 4.39 Å². The van der Waals surface area contributed by atoms with Crippen molar-refractivity contribution in [1.82, 2.24) is 0 Å². The quantitative estimate of drug-likeness (QED) is 0.691. The minimum absolute atomic E-state index is 0.0406. The highest BCUT2D eigenvalue weighted by molar-refractivity contribution is 5.33. The molecule has 0 atom stereocenters. The fraction of sp³-hybridized carbons (Fsp3) is 0.571. The number of rotatable bonds is 1. The molecule has 1 nitrogen and oxygen atoms in total. The van der Waals surface area contributed by atoms with Gasteiger partial charge in [-0.2, -0.15) is 0 Å². The number of halogens is 1. The van der Waals surface area contributed by atoms with Crippen LogP contribution < -0.4 is 4.74 Å². The van der Waals surface area contributed by atoms with Gasteiger partial charge in [0, 0.05) is 0 Å². The number of ether oxygens (including phenoxy) is 1. The van der Waals surface area contributed by atoms with Crippen molar-refractivity contribution in [1.29, 1.82) is 0 Å². The highest BCUT2D eigenvalue weighted by Crippen LogP contribution is 2.28. The van der Waals surface area contributed by atoms with Crippen LogP contribution in [0, 0.1) is 5.82 Å². The Kier molecular flexibility index (Phi) is 3.32. The molecule has 0 aliphatic heterocycles. The topological polar surface area (TPSA) is 9.23 Å². The maximum absolute atomic E-state index is 13.8. The third kappa shape index (κ3) is 3.51.